The number of nitrogens with two attached hydrogens (primary N) is 1. The highest BCUT2D eigenvalue weighted by atomic mass is 79.9. The maximum absolute atomic E-state index is 10.2. The summed E-state index contributed by atoms with van der Waals surface area (Å²) >= 11 is 5.76. The number of rotatable bonds is 1. The van der Waals surface area contributed by atoms with E-state index >= 15 is 0 Å². The number of halogens is 2. The molecule has 0 radical (unpaired) electrons. The van der Waals surface area contributed by atoms with Crippen molar-refractivity contribution in [3.8, 4) is 0 Å². The van der Waals surface area contributed by atoms with Crippen LogP contribution in [0.5, 0.6) is 0 Å². The molecule has 1 aliphatic heterocycles. The summed E-state index contributed by atoms with van der Waals surface area (Å²) in [6.07, 6.45) is 1.23. The highest BCUT2D eigenvalue weighted by molar-refractivity contribution is 6.30. The van der Waals surface area contributed by atoms with Gasteiger partial charge in [0.25, 0.3) is 0 Å². The summed E-state index contributed by atoms with van der Waals surface area (Å²) in [5.74, 6) is 0.502. The summed E-state index contributed by atoms with van der Waals surface area (Å²) in [5, 5.41) is 19.9. The molecule has 0 saturated carbocycles. The van der Waals surface area contributed by atoms with Crippen LogP contribution in [0.3, 0.4) is 0 Å². The van der Waals surface area contributed by atoms with Gasteiger partial charge in [-0.2, -0.15) is 0 Å². The maximum Gasteiger partial charge on any atom is 0.230 e. The smallest absolute Gasteiger partial charge is 0.230 e. The molecule has 82 valence electrons. The highest BCUT2D eigenvalue weighted by Crippen LogP contribution is 2.24. The first-order valence-corrected chi connectivity index (χ1v) is 4.90. The minimum Gasteiger partial charge on any atom is -1.00 e. The van der Waals surface area contributed by atoms with Crippen molar-refractivity contribution < 1.29 is 27.4 Å². The summed E-state index contributed by atoms with van der Waals surface area (Å²) in [6, 6.07) is 7.12. The van der Waals surface area contributed by atoms with Gasteiger partial charge in [0, 0.05) is 23.4 Å². The van der Waals surface area contributed by atoms with E-state index in [4.69, 9.17) is 17.0 Å². The monoisotopic (exact) mass is 290 g/mol. The van der Waals surface area contributed by atoms with Crippen LogP contribution < -0.4 is 22.3 Å². The number of hydrogen-bond donors (Lipinski definition) is 3. The molecule has 1 aromatic carbocycles. The van der Waals surface area contributed by atoms with E-state index in [1.165, 1.54) is 0 Å². The number of hydrogen-bond acceptors (Lipinski definition) is 2. The average Bonchev–Trinajstić information content (AvgIpc) is 2.48. The van der Waals surface area contributed by atoms with Crippen LogP contribution in [-0.4, -0.2) is 10.9 Å². The topological polar surface area (TPSA) is 60.7 Å². The zero-order valence-corrected chi connectivity index (χ0v) is 10.3. The van der Waals surface area contributed by atoms with E-state index in [-0.39, 0.29) is 17.0 Å². The molecule has 2 rings (SSSR count). The Labute approximate surface area is 104 Å². The third kappa shape index (κ3) is 2.58. The van der Waals surface area contributed by atoms with Crippen LogP contribution in [0.1, 0.15) is 18.4 Å². The van der Waals surface area contributed by atoms with Gasteiger partial charge in [-0.1, -0.05) is 11.6 Å². The van der Waals surface area contributed by atoms with Gasteiger partial charge in [-0.25, -0.2) is 0 Å². The first-order chi connectivity index (χ1) is 6.60. The Bertz CT molecular complexity index is 368. The van der Waals surface area contributed by atoms with Gasteiger partial charge in [0.2, 0.25) is 5.72 Å². The van der Waals surface area contributed by atoms with Crippen molar-refractivity contribution in [3.63, 3.8) is 0 Å². The Kier molecular flexibility index (Phi) is 3.89. The molecule has 15 heavy (non-hydrogen) atoms. The van der Waals surface area contributed by atoms with Gasteiger partial charge in [0.05, 0.1) is 0 Å². The summed E-state index contributed by atoms with van der Waals surface area (Å²) < 4.78 is 0. The van der Waals surface area contributed by atoms with Gasteiger partial charge in [0.1, 0.15) is 0 Å². The summed E-state index contributed by atoms with van der Waals surface area (Å²) in [4.78, 5) is 0. The Hall–Kier alpha value is -0.420. The summed E-state index contributed by atoms with van der Waals surface area (Å²) in [6.45, 7) is 0. The van der Waals surface area contributed by atoms with Gasteiger partial charge in [0.15, 0.2) is 5.84 Å². The van der Waals surface area contributed by atoms with Crippen molar-refractivity contribution in [1.82, 2.24) is 0 Å². The lowest BCUT2D eigenvalue weighted by atomic mass is 10.0. The summed E-state index contributed by atoms with van der Waals surface area (Å²) in [7, 11) is 0. The molecule has 1 atom stereocenters. The molecule has 1 fully saturated rings. The number of quaternary nitrogens is 1. The van der Waals surface area contributed by atoms with Crippen molar-refractivity contribution >= 4 is 17.4 Å². The van der Waals surface area contributed by atoms with Crippen molar-refractivity contribution in [2.45, 2.75) is 18.6 Å². The molecule has 0 aliphatic carbocycles. The molecule has 5 heteroatoms. The molecular formula is C10H12BrClN2O. The lowest BCUT2D eigenvalue weighted by Gasteiger charge is -2.18. The van der Waals surface area contributed by atoms with Crippen LogP contribution in [-0.2, 0) is 5.72 Å². The van der Waals surface area contributed by atoms with Gasteiger partial charge in [-0.05, 0) is 24.3 Å². The molecule has 0 amide bonds. The minimum absolute atomic E-state index is 0. The number of amidine groups is 1. The average molecular weight is 292 g/mol. The second-order valence-electron chi connectivity index (χ2n) is 3.60. The molecule has 0 aromatic heterocycles. The fraction of sp³-hybridized carbons (Fsp3) is 0.300. The number of aliphatic hydroxyl groups is 1. The minimum atomic E-state index is -0.957. The Balaban J connectivity index is 0.00000112. The first kappa shape index (κ1) is 12.6. The predicted octanol–water partition coefficient (Wildman–Crippen LogP) is -2.18. The van der Waals surface area contributed by atoms with Crippen LogP contribution in [0, 0.1) is 5.41 Å². The second kappa shape index (κ2) is 4.61. The van der Waals surface area contributed by atoms with Gasteiger partial charge in [-0.15, -0.1) is 0 Å². The molecule has 1 aromatic rings. The fourth-order valence-corrected chi connectivity index (χ4v) is 1.85. The largest absolute Gasteiger partial charge is 1.00 e. The molecular weight excluding hydrogens is 279 g/mol. The van der Waals surface area contributed by atoms with Crippen molar-refractivity contribution in [2.75, 3.05) is 0 Å². The van der Waals surface area contributed by atoms with Gasteiger partial charge < -0.3 is 22.1 Å². The zero-order chi connectivity index (χ0) is 10.2. The molecule has 1 saturated heterocycles. The molecule has 1 unspecified atom stereocenters. The van der Waals surface area contributed by atoms with Crippen LogP contribution in [0.4, 0.5) is 0 Å². The lowest BCUT2D eigenvalue weighted by Crippen LogP contribution is -3.00. The lowest BCUT2D eigenvalue weighted by molar-refractivity contribution is -0.678. The maximum atomic E-state index is 10.2. The second-order valence-corrected chi connectivity index (χ2v) is 4.04. The van der Waals surface area contributed by atoms with Crippen molar-refractivity contribution in [2.24, 2.45) is 0 Å². The quantitative estimate of drug-likeness (QED) is 0.542. The normalized spacial score (nSPS) is 25.1. The third-order valence-corrected chi connectivity index (χ3v) is 2.78. The van der Waals surface area contributed by atoms with E-state index in [2.05, 4.69) is 0 Å². The van der Waals surface area contributed by atoms with Crippen LogP contribution in [0.25, 0.3) is 0 Å². The van der Waals surface area contributed by atoms with Crippen molar-refractivity contribution in [1.29, 1.82) is 5.41 Å². The zero-order valence-electron chi connectivity index (χ0n) is 8.00. The fourth-order valence-electron chi connectivity index (χ4n) is 1.72. The number of nitrogens with one attached hydrogen (secondary N) is 1. The molecule has 3 nitrogen and oxygen atoms in total. The van der Waals surface area contributed by atoms with Crippen LogP contribution in [0.15, 0.2) is 24.3 Å². The Morgan fingerprint density at radius 3 is 2.40 bits per heavy atom. The van der Waals surface area contributed by atoms with E-state index in [1.54, 1.807) is 29.6 Å². The predicted molar refractivity (Wildman–Crippen MR) is 54.2 cm³/mol. The van der Waals surface area contributed by atoms with Gasteiger partial charge in [-0.3, -0.25) is 10.7 Å². The van der Waals surface area contributed by atoms with Crippen LogP contribution in [0.2, 0.25) is 5.02 Å². The van der Waals surface area contributed by atoms with E-state index in [0.29, 0.717) is 23.7 Å². The standard InChI is InChI=1S/C10H11ClN2O.BrH/c11-8-3-1-7(2-4-8)10(14)6-5-9(12)13-10;/h1-4,14H,5-6H2,(H2,12,13);1H. The van der Waals surface area contributed by atoms with E-state index < -0.39 is 5.72 Å². The Morgan fingerprint density at radius 2 is 1.93 bits per heavy atom. The molecule has 0 bridgehead atoms. The molecule has 4 N–H and O–H groups in total. The van der Waals surface area contributed by atoms with Gasteiger partial charge >= 0.3 is 0 Å². The van der Waals surface area contributed by atoms with E-state index in [1.807, 2.05) is 0 Å². The molecule has 1 heterocycles. The SMILES string of the molecule is N=C1CCC(O)(c2ccc(Cl)cc2)[NH2+]1.[Br-]. The highest BCUT2D eigenvalue weighted by Gasteiger charge is 2.40. The van der Waals surface area contributed by atoms with E-state index in [9.17, 15) is 5.11 Å². The van der Waals surface area contributed by atoms with Crippen LogP contribution >= 0.6 is 11.6 Å². The number of benzene rings is 1. The summed E-state index contributed by atoms with van der Waals surface area (Å²) in [5.41, 5.74) is -0.147. The third-order valence-electron chi connectivity index (χ3n) is 2.53. The van der Waals surface area contributed by atoms with Crippen molar-refractivity contribution in [3.05, 3.63) is 34.9 Å². The Morgan fingerprint density at radius 1 is 1.33 bits per heavy atom. The van der Waals surface area contributed by atoms with E-state index in [0.717, 1.165) is 5.56 Å². The first-order valence-electron chi connectivity index (χ1n) is 4.52. The molecule has 0 spiro atoms. The molecule has 1 aliphatic rings.